The summed E-state index contributed by atoms with van der Waals surface area (Å²) in [6.45, 7) is 55.7. The van der Waals surface area contributed by atoms with Crippen LogP contribution in [-0.2, 0) is 94.9 Å². The molecule has 0 amide bonds. The van der Waals surface area contributed by atoms with Gasteiger partial charge in [0.2, 0.25) is 0 Å². The second kappa shape index (κ2) is 34.8. The summed E-state index contributed by atoms with van der Waals surface area (Å²) in [4.78, 5) is 118. The Balaban J connectivity index is 1.02. The van der Waals surface area contributed by atoms with Crippen molar-refractivity contribution in [3.8, 4) is 0 Å². The molecule has 0 saturated carbocycles. The van der Waals surface area contributed by atoms with Crippen LogP contribution in [-0.4, -0.2) is 228 Å². The van der Waals surface area contributed by atoms with Gasteiger partial charge in [-0.15, -0.1) is 0 Å². The van der Waals surface area contributed by atoms with E-state index in [9.17, 15) is 28.8 Å². The van der Waals surface area contributed by atoms with Crippen LogP contribution in [0.25, 0.3) is 0 Å². The standard InChI is InChI=1S/C85H146N6O26/c1-31-57(112-63(94)106-51-33-71(7,8)86-72(9,10)34-51)84(114-65(96)108-53-37-75(15,16)88-76(17,18)38-53,115-66(97)109-54-39-77(19,20)89-78(21,22)40-54)59(92)100-45-69(3,4)61-102-47-83(48-103-61)49-104-62(105-50-83)70(5,6)46-101-60(93)85(116-67(98)110-55-41-79(23,24)90-80(25,26)42-55,117-68(99)111-56-43-81(27,28)91-82(29,30)44-56)58(32-2)113-64(95)107-52-35-73(11,12)87-74(13,14)36-52/h51-58,61-62,86-91H,31-50H2,1-30H3/t57-,58-,61?,62?,83?/m0/s1. The minimum absolute atomic E-state index is 0.0327. The van der Waals surface area contributed by atoms with Crippen LogP contribution in [0.1, 0.15) is 298 Å². The Labute approximate surface area is 694 Å². The van der Waals surface area contributed by atoms with Gasteiger partial charge in [0.25, 0.3) is 0 Å². The van der Waals surface area contributed by atoms with Crippen molar-refractivity contribution in [2.24, 2.45) is 16.2 Å². The van der Waals surface area contributed by atoms with Crippen molar-refractivity contribution in [1.29, 1.82) is 0 Å². The van der Waals surface area contributed by atoms with Gasteiger partial charge in [-0.1, -0.05) is 41.5 Å². The number of carbonyl (C=O) groups is 8. The Bertz CT molecular complexity index is 3080. The molecule has 32 heteroatoms. The number of hydrogen-bond acceptors (Lipinski definition) is 32. The molecule has 32 nitrogen and oxygen atoms in total. The van der Waals surface area contributed by atoms with E-state index in [2.05, 4.69) is 31.9 Å². The van der Waals surface area contributed by atoms with Crippen molar-refractivity contribution in [2.45, 2.75) is 437 Å². The first-order valence-electron chi connectivity index (χ1n) is 42.0. The van der Waals surface area contributed by atoms with E-state index in [4.69, 9.17) is 85.3 Å². The Morgan fingerprint density at radius 1 is 0.299 bits per heavy atom. The molecule has 2 atom stereocenters. The van der Waals surface area contributed by atoms with E-state index in [0.29, 0.717) is 77.0 Å². The first-order chi connectivity index (χ1) is 53.1. The van der Waals surface area contributed by atoms with Crippen molar-refractivity contribution < 1.29 is 124 Å². The molecular weight excluding hydrogens is 1520 g/mol. The molecule has 0 unspecified atom stereocenters. The van der Waals surface area contributed by atoms with Gasteiger partial charge in [0.15, 0.2) is 24.8 Å². The van der Waals surface area contributed by atoms with Gasteiger partial charge < -0.3 is 117 Å². The number of rotatable bonds is 24. The molecular formula is C85H146N6O26. The van der Waals surface area contributed by atoms with Gasteiger partial charge in [0, 0.05) is 154 Å². The molecule has 0 bridgehead atoms. The summed E-state index contributed by atoms with van der Waals surface area (Å²) in [7, 11) is 0. The molecule has 8 heterocycles. The number of carbonyl (C=O) groups excluding carboxylic acids is 8. The SMILES string of the molecule is CC[C@H](OC(=O)OC1CC(C)(C)NC(C)(C)C1)C(OC(=O)OC1CC(C)(C)NC(C)(C)C1)(OC(=O)OC1CC(C)(C)NC(C)(C)C1)C(=O)OCC(C)(C)C1OCC2(CO1)COC(C(C)(C)COC(=O)C(OC(=O)OC1CC(C)(C)NC(C)(C)C1)(OC(=O)OC1CC(C)(C)NC(C)(C)C1)[C@H](CC)OC(=O)OC1CC(C)(C)NC(C)(C)C1)OC2. The second-order valence-corrected chi connectivity index (χ2v) is 44.1. The minimum atomic E-state index is -3.24. The van der Waals surface area contributed by atoms with Crippen molar-refractivity contribution in [3.63, 3.8) is 0 Å². The average molecular weight is 1670 g/mol. The van der Waals surface area contributed by atoms with Gasteiger partial charge >= 0.3 is 60.4 Å². The molecule has 117 heavy (non-hydrogen) atoms. The molecule has 0 aromatic carbocycles. The van der Waals surface area contributed by atoms with Crippen LogP contribution < -0.4 is 31.9 Å². The zero-order valence-corrected chi connectivity index (χ0v) is 76.0. The van der Waals surface area contributed by atoms with Crippen molar-refractivity contribution >= 4 is 48.9 Å². The number of esters is 2. The second-order valence-electron chi connectivity index (χ2n) is 44.1. The van der Waals surface area contributed by atoms with E-state index >= 15 is 9.59 Å². The maximum Gasteiger partial charge on any atom is 0.512 e. The van der Waals surface area contributed by atoms with Crippen LogP contribution in [0.2, 0.25) is 0 Å². The molecule has 8 saturated heterocycles. The number of nitrogens with one attached hydrogen (secondary N) is 6. The largest absolute Gasteiger partial charge is 0.512 e. The lowest BCUT2D eigenvalue weighted by Crippen LogP contribution is -2.62. The predicted molar refractivity (Wildman–Crippen MR) is 428 cm³/mol. The zero-order chi connectivity index (χ0) is 88.0. The maximum atomic E-state index is 15.6. The maximum absolute atomic E-state index is 15.6. The summed E-state index contributed by atoms with van der Waals surface area (Å²) in [5.74, 6) is -9.41. The van der Waals surface area contributed by atoms with Crippen molar-refractivity contribution in [1.82, 2.24) is 31.9 Å². The molecule has 1 spiro atoms. The molecule has 8 rings (SSSR count). The fourth-order valence-corrected chi connectivity index (χ4v) is 20.3. The van der Waals surface area contributed by atoms with Gasteiger partial charge in [-0.05, 0) is 179 Å². The quantitative estimate of drug-likeness (QED) is 0.0297. The fourth-order valence-electron chi connectivity index (χ4n) is 20.3. The van der Waals surface area contributed by atoms with Crippen LogP contribution in [0.4, 0.5) is 28.8 Å². The van der Waals surface area contributed by atoms with Crippen LogP contribution in [0, 0.1) is 16.2 Å². The molecule has 0 aromatic heterocycles. The highest BCUT2D eigenvalue weighted by Gasteiger charge is 2.63. The summed E-state index contributed by atoms with van der Waals surface area (Å²) < 4.78 is 111. The van der Waals surface area contributed by atoms with Gasteiger partial charge in [-0.3, -0.25) is 0 Å². The highest BCUT2D eigenvalue weighted by atomic mass is 16.9. The Hall–Kier alpha value is -5.84. The number of ether oxygens (including phenoxy) is 18. The van der Waals surface area contributed by atoms with E-state index < -0.39 is 218 Å². The lowest BCUT2D eigenvalue weighted by atomic mass is 9.81. The number of piperidine rings is 6. The lowest BCUT2D eigenvalue weighted by Gasteiger charge is -2.48. The minimum Gasteiger partial charge on any atom is -0.459 e. The molecule has 0 aliphatic carbocycles. The summed E-state index contributed by atoms with van der Waals surface area (Å²) in [6, 6.07) is 0. The highest BCUT2D eigenvalue weighted by Crippen LogP contribution is 2.44. The Morgan fingerprint density at radius 2 is 0.470 bits per heavy atom. The molecule has 0 radical (unpaired) electrons. The highest BCUT2D eigenvalue weighted by molar-refractivity contribution is 5.85. The van der Waals surface area contributed by atoms with Crippen LogP contribution in [0.5, 0.6) is 0 Å². The monoisotopic (exact) mass is 1670 g/mol. The lowest BCUT2D eigenvalue weighted by molar-refractivity contribution is -0.338. The van der Waals surface area contributed by atoms with Crippen molar-refractivity contribution in [3.05, 3.63) is 0 Å². The third kappa shape index (κ3) is 27.1. The predicted octanol–water partition coefficient (Wildman–Crippen LogP) is 13.6. The smallest absolute Gasteiger partial charge is 0.459 e. The van der Waals surface area contributed by atoms with Gasteiger partial charge in [-0.25, -0.2) is 38.4 Å². The zero-order valence-electron chi connectivity index (χ0n) is 76.0. The molecule has 8 fully saturated rings. The van der Waals surface area contributed by atoms with Gasteiger partial charge in [0.1, 0.15) is 49.8 Å². The van der Waals surface area contributed by atoms with E-state index in [0.717, 1.165) is 0 Å². The van der Waals surface area contributed by atoms with Crippen LogP contribution in [0.15, 0.2) is 0 Å². The van der Waals surface area contributed by atoms with E-state index in [-0.39, 0.29) is 39.3 Å². The summed E-state index contributed by atoms with van der Waals surface area (Å²) in [6.07, 6.45) is -15.3. The molecule has 8 aliphatic heterocycles. The first kappa shape index (κ1) is 96.6. The van der Waals surface area contributed by atoms with Crippen LogP contribution in [0.3, 0.4) is 0 Å². The summed E-state index contributed by atoms with van der Waals surface area (Å²) in [5, 5.41) is 21.3. The number of hydrogen-bond donors (Lipinski definition) is 6. The average Bonchev–Trinajstić information content (AvgIpc) is 0.770. The third-order valence-electron chi connectivity index (χ3n) is 22.7. The Morgan fingerprint density at radius 3 is 0.641 bits per heavy atom. The summed E-state index contributed by atoms with van der Waals surface area (Å²) in [5.41, 5.74) is -9.59. The molecule has 0 aromatic rings. The van der Waals surface area contributed by atoms with Gasteiger partial charge in [0.05, 0.1) is 31.8 Å². The molecule has 6 N–H and O–H groups in total. The van der Waals surface area contributed by atoms with E-state index in [1.165, 1.54) is 13.8 Å². The topological polar surface area (TPSA) is 375 Å². The third-order valence-corrected chi connectivity index (χ3v) is 22.7. The first-order valence-corrected chi connectivity index (χ1v) is 42.0. The van der Waals surface area contributed by atoms with E-state index in [1.807, 2.05) is 166 Å². The van der Waals surface area contributed by atoms with Gasteiger partial charge in [-0.2, -0.15) is 0 Å². The normalized spacial score (nSPS) is 27.5. The van der Waals surface area contributed by atoms with Crippen molar-refractivity contribution in [2.75, 3.05) is 39.6 Å². The van der Waals surface area contributed by atoms with E-state index in [1.54, 1.807) is 27.7 Å². The summed E-state index contributed by atoms with van der Waals surface area (Å²) >= 11 is 0. The van der Waals surface area contributed by atoms with Crippen LogP contribution >= 0.6 is 0 Å². The molecule has 672 valence electrons. The molecule has 8 aliphatic rings. The Kier molecular flexibility index (Phi) is 28.8. The fraction of sp³-hybridized carbons (Fsp3) is 0.906.